The molecule has 0 saturated carbocycles. The van der Waals surface area contributed by atoms with Gasteiger partial charge in [0.15, 0.2) is 11.5 Å². The quantitative estimate of drug-likeness (QED) is 0.129. The molecule has 0 unspecified atom stereocenters. The van der Waals surface area contributed by atoms with Crippen molar-refractivity contribution < 1.29 is 57.4 Å². The van der Waals surface area contributed by atoms with Crippen molar-refractivity contribution in [1.82, 2.24) is 0 Å². The average Bonchev–Trinajstić information content (AvgIpc) is 2.87. The molecule has 0 fully saturated rings. The van der Waals surface area contributed by atoms with Crippen molar-refractivity contribution in [3.63, 3.8) is 0 Å². The van der Waals surface area contributed by atoms with Crippen LogP contribution in [0.15, 0.2) is 60.7 Å². The van der Waals surface area contributed by atoms with Crippen LogP contribution in [0.25, 0.3) is 22.3 Å². The first-order valence-corrected chi connectivity index (χ1v) is 12.1. The van der Waals surface area contributed by atoms with Gasteiger partial charge >= 0.3 is 24.7 Å². The smallest absolute Gasteiger partial charge is 0.416 e. The number of halogens is 12. The van der Waals surface area contributed by atoms with Gasteiger partial charge in [0.05, 0.1) is 33.6 Å². The van der Waals surface area contributed by atoms with E-state index >= 15 is 0 Å². The Morgan fingerprint density at radius 1 is 0.378 bits per heavy atom. The third kappa shape index (κ3) is 7.07. The SMILES string of the molecule is Nc1cc(-c2cc(C(F)(F)F)cc(N)c2Oc2c(N)cc(C(F)(F)F)cc2-c2cc(N)cc(C(F)(F)F)c2)cc(C(F)(F)F)c1. The van der Waals surface area contributed by atoms with E-state index in [2.05, 4.69) is 0 Å². The van der Waals surface area contributed by atoms with Crippen molar-refractivity contribution >= 4 is 22.7 Å². The number of nitrogens with two attached hydrogens (primary N) is 4. The second-order valence-corrected chi connectivity index (χ2v) is 9.66. The lowest BCUT2D eigenvalue weighted by Gasteiger charge is -2.22. The number of benzene rings is 4. The maximum Gasteiger partial charge on any atom is 0.416 e. The third-order valence-corrected chi connectivity index (χ3v) is 6.28. The summed E-state index contributed by atoms with van der Waals surface area (Å²) in [5.41, 5.74) is 11.6. The van der Waals surface area contributed by atoms with Crippen LogP contribution in [0.4, 0.5) is 75.4 Å². The van der Waals surface area contributed by atoms with Crippen LogP contribution in [0.3, 0.4) is 0 Å². The summed E-state index contributed by atoms with van der Waals surface area (Å²) in [5, 5.41) is 0. The molecular weight excluding hydrogens is 636 g/mol. The zero-order chi connectivity index (χ0) is 33.9. The Hall–Kier alpha value is -4.96. The van der Waals surface area contributed by atoms with Crippen LogP contribution in [0.1, 0.15) is 22.3 Å². The van der Waals surface area contributed by atoms with Crippen molar-refractivity contribution in [2.24, 2.45) is 0 Å². The molecule has 240 valence electrons. The van der Waals surface area contributed by atoms with Gasteiger partial charge in [-0.1, -0.05) is 0 Å². The average molecular weight is 654 g/mol. The van der Waals surface area contributed by atoms with Gasteiger partial charge in [0.2, 0.25) is 0 Å². The Morgan fingerprint density at radius 3 is 0.956 bits per heavy atom. The minimum atomic E-state index is -5.09. The van der Waals surface area contributed by atoms with Crippen LogP contribution >= 0.6 is 0 Å². The minimum Gasteiger partial charge on any atom is -0.452 e. The Labute approximate surface area is 245 Å². The molecule has 0 aromatic heterocycles. The first-order chi connectivity index (χ1) is 20.4. The van der Waals surface area contributed by atoms with Gasteiger partial charge in [0, 0.05) is 22.5 Å². The van der Waals surface area contributed by atoms with E-state index in [0.717, 1.165) is 12.1 Å². The van der Waals surface area contributed by atoms with E-state index in [1.807, 2.05) is 0 Å². The van der Waals surface area contributed by atoms with Crippen LogP contribution in [0.5, 0.6) is 11.5 Å². The Bertz CT molecular complexity index is 1650. The van der Waals surface area contributed by atoms with Gasteiger partial charge in [0.1, 0.15) is 0 Å². The second kappa shape index (κ2) is 10.9. The van der Waals surface area contributed by atoms with Gasteiger partial charge in [-0.25, -0.2) is 0 Å². The molecule has 0 spiro atoms. The van der Waals surface area contributed by atoms with Crippen LogP contribution < -0.4 is 27.7 Å². The fourth-order valence-electron chi connectivity index (χ4n) is 4.33. The van der Waals surface area contributed by atoms with E-state index in [4.69, 9.17) is 27.7 Å². The zero-order valence-corrected chi connectivity index (χ0v) is 22.0. The Kier molecular flexibility index (Phi) is 7.97. The summed E-state index contributed by atoms with van der Waals surface area (Å²) < 4.78 is 169. The summed E-state index contributed by atoms with van der Waals surface area (Å²) in [7, 11) is 0. The molecule has 0 amide bonds. The molecular formula is C28H18F12N4O. The first-order valence-electron chi connectivity index (χ1n) is 12.1. The van der Waals surface area contributed by atoms with Crippen LogP contribution in [0.2, 0.25) is 0 Å². The molecule has 5 nitrogen and oxygen atoms in total. The summed E-state index contributed by atoms with van der Waals surface area (Å²) in [5.74, 6) is -1.65. The number of hydrogen-bond acceptors (Lipinski definition) is 5. The minimum absolute atomic E-state index is 0.331. The zero-order valence-electron chi connectivity index (χ0n) is 22.0. The van der Waals surface area contributed by atoms with Crippen molar-refractivity contribution in [3.05, 3.63) is 82.9 Å². The molecule has 4 aromatic rings. The Morgan fingerprint density at radius 2 is 0.667 bits per heavy atom. The number of nitrogen functional groups attached to an aromatic ring is 4. The monoisotopic (exact) mass is 654 g/mol. The van der Waals surface area contributed by atoms with Gasteiger partial charge in [0.25, 0.3) is 0 Å². The van der Waals surface area contributed by atoms with Crippen molar-refractivity contribution in [3.8, 4) is 33.8 Å². The normalized spacial score (nSPS) is 12.8. The number of hydrogen-bond donors (Lipinski definition) is 4. The van der Waals surface area contributed by atoms with Gasteiger partial charge in [-0.2, -0.15) is 52.7 Å². The maximum absolute atomic E-state index is 13.7. The lowest BCUT2D eigenvalue weighted by atomic mass is 9.96. The van der Waals surface area contributed by atoms with Crippen molar-refractivity contribution in [2.75, 3.05) is 22.9 Å². The summed E-state index contributed by atoms with van der Waals surface area (Å²) >= 11 is 0. The predicted octanol–water partition coefficient (Wildman–Crippen LogP) is 9.22. The molecule has 8 N–H and O–H groups in total. The van der Waals surface area contributed by atoms with E-state index in [-0.39, 0.29) is 0 Å². The molecule has 0 atom stereocenters. The summed E-state index contributed by atoms with van der Waals surface area (Å²) in [6.45, 7) is 0. The topological polar surface area (TPSA) is 113 Å². The number of ether oxygens (including phenoxy) is 1. The highest BCUT2D eigenvalue weighted by Gasteiger charge is 2.37. The molecule has 0 saturated heterocycles. The van der Waals surface area contributed by atoms with E-state index in [0.29, 0.717) is 48.5 Å². The summed E-state index contributed by atoms with van der Waals surface area (Å²) in [6.07, 6.45) is -20.2. The maximum atomic E-state index is 13.7. The molecule has 17 heteroatoms. The highest BCUT2D eigenvalue weighted by atomic mass is 19.4. The first kappa shape index (κ1) is 32.9. The fourth-order valence-corrected chi connectivity index (χ4v) is 4.33. The van der Waals surface area contributed by atoms with Crippen LogP contribution in [0, 0.1) is 0 Å². The number of rotatable bonds is 4. The van der Waals surface area contributed by atoms with Gasteiger partial charge < -0.3 is 27.7 Å². The highest BCUT2D eigenvalue weighted by molar-refractivity contribution is 5.85. The molecule has 0 aliphatic heterocycles. The fraction of sp³-hybridized carbons (Fsp3) is 0.143. The largest absolute Gasteiger partial charge is 0.452 e. The number of anilines is 4. The van der Waals surface area contributed by atoms with Gasteiger partial charge in [-0.05, 0) is 71.8 Å². The van der Waals surface area contributed by atoms with Crippen molar-refractivity contribution in [2.45, 2.75) is 24.7 Å². The second-order valence-electron chi connectivity index (χ2n) is 9.66. The van der Waals surface area contributed by atoms with E-state index in [1.165, 1.54) is 0 Å². The van der Waals surface area contributed by atoms with Gasteiger partial charge in [-0.15, -0.1) is 0 Å². The molecule has 0 heterocycles. The molecule has 4 aromatic carbocycles. The lowest BCUT2D eigenvalue weighted by Crippen LogP contribution is -2.10. The molecule has 0 aliphatic rings. The van der Waals surface area contributed by atoms with Crippen molar-refractivity contribution in [1.29, 1.82) is 0 Å². The molecule has 0 bridgehead atoms. The van der Waals surface area contributed by atoms with Crippen LogP contribution in [-0.2, 0) is 24.7 Å². The molecule has 0 radical (unpaired) electrons. The predicted molar refractivity (Wildman–Crippen MR) is 141 cm³/mol. The molecule has 0 aliphatic carbocycles. The number of alkyl halides is 12. The standard InChI is InChI=1S/C28H18F12N4O/c29-25(30,31)13-1-11(3-17(41)5-13)19-7-15(27(35,36)37)9-21(43)23(19)45-24-20(8-16(10-22(24)44)28(38,39)40)12-2-14(26(32,33)34)6-18(42)4-12/h1-10H,41-44H2. The van der Waals surface area contributed by atoms with E-state index in [9.17, 15) is 52.7 Å². The Balaban J connectivity index is 2.06. The van der Waals surface area contributed by atoms with E-state index in [1.54, 1.807) is 0 Å². The molecule has 45 heavy (non-hydrogen) atoms. The third-order valence-electron chi connectivity index (χ3n) is 6.28. The highest BCUT2D eigenvalue weighted by Crippen LogP contribution is 2.49. The van der Waals surface area contributed by atoms with Crippen LogP contribution in [-0.4, -0.2) is 0 Å². The molecule has 4 rings (SSSR count). The van der Waals surface area contributed by atoms with Gasteiger partial charge in [-0.3, -0.25) is 0 Å². The summed E-state index contributed by atoms with van der Waals surface area (Å²) in [4.78, 5) is 0. The lowest BCUT2D eigenvalue weighted by molar-refractivity contribution is -0.138. The van der Waals surface area contributed by atoms with E-state index < -0.39 is 103 Å². The summed E-state index contributed by atoms with van der Waals surface area (Å²) in [6, 6.07) is 4.88.